The summed E-state index contributed by atoms with van der Waals surface area (Å²) in [6, 6.07) is 8.57. The van der Waals surface area contributed by atoms with Crippen molar-refractivity contribution >= 4 is 35.1 Å². The second kappa shape index (κ2) is 9.65. The van der Waals surface area contributed by atoms with Gasteiger partial charge >= 0.3 is 0 Å². The van der Waals surface area contributed by atoms with Crippen LogP contribution < -0.4 is 16.0 Å². The Morgan fingerprint density at radius 3 is 2.79 bits per heavy atom. The Bertz CT molecular complexity index is 1170. The van der Waals surface area contributed by atoms with Crippen LogP contribution in [-0.4, -0.2) is 51.5 Å². The molecule has 1 saturated heterocycles. The second-order valence-electron chi connectivity index (χ2n) is 9.03. The van der Waals surface area contributed by atoms with Gasteiger partial charge in [0.25, 0.3) is 0 Å². The number of pyridine rings is 1. The number of rotatable bonds is 6. The van der Waals surface area contributed by atoms with Gasteiger partial charge in [-0.1, -0.05) is 47.1 Å². The zero-order valence-corrected chi connectivity index (χ0v) is 20.6. The number of hydrogen-bond donors (Lipinski definition) is 3. The van der Waals surface area contributed by atoms with Gasteiger partial charge in [0.2, 0.25) is 5.95 Å². The standard InChI is InChI=1S/C24H28ClN7OS/c1-15-2-3-17-16(12-15)13-24(21(17)26)5-9-32(10-6-24)23-29-14-19(30-31-23)34-18-4-7-27-22(20(18)25)28-8-11-33/h2-4,7,12,14,21,33H,5-6,8-11,13,26H2,1H3,(H,27,28)/t21-/m1/s1. The third-order valence-electron chi connectivity index (χ3n) is 6.88. The maximum atomic E-state index is 9.01. The lowest BCUT2D eigenvalue weighted by molar-refractivity contribution is 0.186. The predicted octanol–water partition coefficient (Wildman–Crippen LogP) is 3.63. The first-order chi connectivity index (χ1) is 16.5. The Morgan fingerprint density at radius 2 is 2.06 bits per heavy atom. The Kier molecular flexibility index (Phi) is 6.61. The summed E-state index contributed by atoms with van der Waals surface area (Å²) < 4.78 is 0. The van der Waals surface area contributed by atoms with E-state index in [4.69, 9.17) is 22.4 Å². The van der Waals surface area contributed by atoms with Gasteiger partial charge in [0.1, 0.15) is 10.8 Å². The van der Waals surface area contributed by atoms with Crippen LogP contribution in [-0.2, 0) is 6.42 Å². The zero-order valence-electron chi connectivity index (χ0n) is 19.0. The number of aromatic nitrogens is 4. The van der Waals surface area contributed by atoms with Gasteiger partial charge in [0.15, 0.2) is 0 Å². The number of hydrogen-bond acceptors (Lipinski definition) is 9. The number of aryl methyl sites for hydroxylation is 1. The smallest absolute Gasteiger partial charge is 0.245 e. The van der Waals surface area contributed by atoms with E-state index >= 15 is 0 Å². The molecule has 1 aromatic carbocycles. The van der Waals surface area contributed by atoms with Gasteiger partial charge in [-0.3, -0.25) is 0 Å². The van der Waals surface area contributed by atoms with E-state index in [0.717, 1.165) is 37.2 Å². The largest absolute Gasteiger partial charge is 0.395 e. The summed E-state index contributed by atoms with van der Waals surface area (Å²) in [5, 5.41) is 21.9. The Balaban J connectivity index is 1.23. The predicted molar refractivity (Wildman–Crippen MR) is 134 cm³/mol. The van der Waals surface area contributed by atoms with E-state index in [0.29, 0.717) is 28.4 Å². The molecule has 0 amide bonds. The van der Waals surface area contributed by atoms with Crippen LogP contribution in [0.2, 0.25) is 5.02 Å². The molecule has 2 aliphatic rings. The lowest BCUT2D eigenvalue weighted by atomic mass is 9.73. The van der Waals surface area contributed by atoms with E-state index in [-0.39, 0.29) is 18.1 Å². The van der Waals surface area contributed by atoms with E-state index in [1.165, 1.54) is 28.5 Å². The van der Waals surface area contributed by atoms with Crippen LogP contribution in [0.3, 0.4) is 0 Å². The van der Waals surface area contributed by atoms with E-state index in [1.807, 2.05) is 6.07 Å². The second-order valence-corrected chi connectivity index (χ2v) is 10.5. The number of aliphatic hydroxyl groups excluding tert-OH is 1. The van der Waals surface area contributed by atoms with Crippen LogP contribution in [0.25, 0.3) is 0 Å². The summed E-state index contributed by atoms with van der Waals surface area (Å²) in [6.07, 6.45) is 6.47. The first kappa shape index (κ1) is 23.3. The fourth-order valence-electron chi connectivity index (χ4n) is 5.02. The molecule has 5 rings (SSSR count). The van der Waals surface area contributed by atoms with Crippen LogP contribution in [0.5, 0.6) is 0 Å². The van der Waals surface area contributed by atoms with E-state index in [2.05, 4.69) is 55.5 Å². The molecule has 0 radical (unpaired) electrons. The molecule has 3 aromatic rings. The number of piperidine rings is 1. The van der Waals surface area contributed by atoms with Crippen molar-refractivity contribution in [3.8, 4) is 0 Å². The lowest BCUT2D eigenvalue weighted by Crippen LogP contribution is -2.45. The van der Waals surface area contributed by atoms with Crippen molar-refractivity contribution in [2.75, 3.05) is 36.5 Å². The molecule has 1 aliphatic carbocycles. The molecule has 0 saturated carbocycles. The molecule has 0 unspecified atom stereocenters. The third kappa shape index (κ3) is 4.45. The van der Waals surface area contributed by atoms with Gasteiger partial charge in [-0.05, 0) is 48.8 Å². The monoisotopic (exact) mass is 497 g/mol. The van der Waals surface area contributed by atoms with Crippen molar-refractivity contribution in [1.82, 2.24) is 20.2 Å². The van der Waals surface area contributed by atoms with Crippen LogP contribution in [0, 0.1) is 12.3 Å². The number of fused-ring (bicyclic) bond motifs is 1. The van der Waals surface area contributed by atoms with Crippen molar-refractivity contribution in [2.45, 2.75) is 42.1 Å². The normalized spacial score (nSPS) is 18.8. The minimum absolute atomic E-state index is 0.00238. The lowest BCUT2D eigenvalue weighted by Gasteiger charge is -2.42. The molecular weight excluding hydrogens is 470 g/mol. The molecule has 8 nitrogen and oxygen atoms in total. The Labute approximate surface area is 208 Å². The SMILES string of the molecule is Cc1ccc2c(c1)CC1(CCN(c3ncc(Sc4ccnc(NCCO)c4Cl)nn3)CC1)[C@@H]2N. The van der Waals surface area contributed by atoms with Crippen molar-refractivity contribution < 1.29 is 5.11 Å². The topological polar surface area (TPSA) is 113 Å². The number of halogens is 1. The van der Waals surface area contributed by atoms with E-state index < -0.39 is 0 Å². The molecule has 178 valence electrons. The highest BCUT2D eigenvalue weighted by atomic mass is 35.5. The summed E-state index contributed by atoms with van der Waals surface area (Å²) in [7, 11) is 0. The van der Waals surface area contributed by atoms with Gasteiger partial charge in [0.05, 0.1) is 17.8 Å². The minimum atomic E-state index is 0.00238. The maximum absolute atomic E-state index is 9.01. The fourth-order valence-corrected chi connectivity index (χ4v) is 6.04. The van der Waals surface area contributed by atoms with Gasteiger partial charge < -0.3 is 21.1 Å². The van der Waals surface area contributed by atoms with Crippen LogP contribution in [0.4, 0.5) is 11.8 Å². The summed E-state index contributed by atoms with van der Waals surface area (Å²) in [4.78, 5) is 11.8. The van der Waals surface area contributed by atoms with Gasteiger partial charge in [0, 0.05) is 36.8 Å². The average molecular weight is 498 g/mol. The summed E-state index contributed by atoms with van der Waals surface area (Å²) in [5.74, 6) is 1.17. The van der Waals surface area contributed by atoms with Gasteiger partial charge in [-0.2, -0.15) is 0 Å². The quantitative estimate of drug-likeness (QED) is 0.469. The highest BCUT2D eigenvalue weighted by Gasteiger charge is 2.46. The minimum Gasteiger partial charge on any atom is -0.395 e. The number of nitrogens with zero attached hydrogens (tertiary/aromatic N) is 5. The molecule has 10 heteroatoms. The Hall–Kier alpha value is -2.46. The third-order valence-corrected chi connectivity index (χ3v) is 8.33. The molecule has 4 N–H and O–H groups in total. The van der Waals surface area contributed by atoms with Crippen LogP contribution in [0.15, 0.2) is 46.6 Å². The van der Waals surface area contributed by atoms with Crippen molar-refractivity contribution in [3.05, 3.63) is 58.4 Å². The van der Waals surface area contributed by atoms with Crippen molar-refractivity contribution in [2.24, 2.45) is 11.1 Å². The zero-order chi connectivity index (χ0) is 23.7. The van der Waals surface area contributed by atoms with E-state index in [1.54, 1.807) is 12.4 Å². The fraction of sp³-hybridized carbons (Fsp3) is 0.417. The molecule has 2 aromatic heterocycles. The summed E-state index contributed by atoms with van der Waals surface area (Å²) in [6.45, 7) is 4.25. The number of anilines is 2. The van der Waals surface area contributed by atoms with Crippen molar-refractivity contribution in [3.63, 3.8) is 0 Å². The van der Waals surface area contributed by atoms with Gasteiger partial charge in [-0.25, -0.2) is 9.97 Å². The molecule has 34 heavy (non-hydrogen) atoms. The van der Waals surface area contributed by atoms with Crippen LogP contribution in [0.1, 0.15) is 35.6 Å². The number of aliphatic hydroxyl groups is 1. The Morgan fingerprint density at radius 1 is 1.24 bits per heavy atom. The number of nitrogens with one attached hydrogen (secondary N) is 1. The molecule has 0 bridgehead atoms. The van der Waals surface area contributed by atoms with Crippen LogP contribution >= 0.6 is 23.4 Å². The molecule has 1 atom stereocenters. The molecule has 3 heterocycles. The summed E-state index contributed by atoms with van der Waals surface area (Å²) in [5.41, 5.74) is 10.9. The first-order valence-electron chi connectivity index (χ1n) is 11.5. The number of benzene rings is 1. The highest BCUT2D eigenvalue weighted by molar-refractivity contribution is 7.99. The highest BCUT2D eigenvalue weighted by Crippen LogP contribution is 2.51. The summed E-state index contributed by atoms with van der Waals surface area (Å²) >= 11 is 7.83. The molecular formula is C24H28ClN7OS. The van der Waals surface area contributed by atoms with E-state index in [9.17, 15) is 0 Å². The number of nitrogens with two attached hydrogens (primary N) is 1. The van der Waals surface area contributed by atoms with Crippen molar-refractivity contribution in [1.29, 1.82) is 0 Å². The maximum Gasteiger partial charge on any atom is 0.245 e. The van der Waals surface area contributed by atoms with Gasteiger partial charge in [-0.15, -0.1) is 10.2 Å². The first-order valence-corrected chi connectivity index (χ1v) is 12.7. The molecule has 1 aliphatic heterocycles. The molecule has 1 spiro atoms. The molecule has 1 fully saturated rings. The average Bonchev–Trinajstić information content (AvgIpc) is 3.11.